The van der Waals surface area contributed by atoms with Gasteiger partial charge in [-0.05, 0) is 19.9 Å². The van der Waals surface area contributed by atoms with Gasteiger partial charge < -0.3 is 9.13 Å². The van der Waals surface area contributed by atoms with Crippen molar-refractivity contribution in [3.63, 3.8) is 0 Å². The zero-order valence-corrected chi connectivity index (χ0v) is 12.6. The fourth-order valence-corrected chi connectivity index (χ4v) is 2.86. The molecule has 0 aliphatic rings. The van der Waals surface area contributed by atoms with E-state index in [9.17, 15) is 4.79 Å². The van der Waals surface area contributed by atoms with E-state index in [1.807, 2.05) is 49.9 Å². The summed E-state index contributed by atoms with van der Waals surface area (Å²) < 4.78 is 4.10. The van der Waals surface area contributed by atoms with Gasteiger partial charge in [0.15, 0.2) is 5.78 Å². The lowest BCUT2D eigenvalue weighted by Crippen LogP contribution is -2.08. The molecule has 1 aromatic carbocycles. The fraction of sp³-hybridized carbons (Fsp3) is 0.294. The highest BCUT2D eigenvalue weighted by atomic mass is 16.1. The van der Waals surface area contributed by atoms with Gasteiger partial charge in [-0.25, -0.2) is 4.98 Å². The molecule has 0 saturated heterocycles. The minimum atomic E-state index is 0.192. The minimum absolute atomic E-state index is 0.192. The van der Waals surface area contributed by atoms with Crippen LogP contribution in [0.1, 0.15) is 28.3 Å². The van der Waals surface area contributed by atoms with Crippen molar-refractivity contribution in [2.75, 3.05) is 0 Å². The molecule has 3 rings (SSSR count). The van der Waals surface area contributed by atoms with Crippen LogP contribution in [0, 0.1) is 13.8 Å². The summed E-state index contributed by atoms with van der Waals surface area (Å²) in [5, 5.41) is 1.05. The Hall–Kier alpha value is -2.36. The first-order valence-corrected chi connectivity index (χ1v) is 7.14. The Morgan fingerprint density at radius 2 is 2.00 bits per heavy atom. The fourth-order valence-electron chi connectivity index (χ4n) is 2.86. The highest BCUT2D eigenvalue weighted by Crippen LogP contribution is 2.26. The van der Waals surface area contributed by atoms with Crippen LogP contribution in [0.2, 0.25) is 0 Å². The number of hydrogen-bond donors (Lipinski definition) is 0. The summed E-state index contributed by atoms with van der Waals surface area (Å²) in [6, 6.07) is 8.07. The molecular formula is C17H19N3O. The Morgan fingerprint density at radius 3 is 2.71 bits per heavy atom. The Balaban J connectivity index is 1.91. The average Bonchev–Trinajstić information content (AvgIpc) is 3.00. The second kappa shape index (κ2) is 5.20. The molecule has 108 valence electrons. The minimum Gasteiger partial charge on any atom is -0.347 e. The van der Waals surface area contributed by atoms with Crippen LogP contribution in [-0.4, -0.2) is 19.9 Å². The Labute approximate surface area is 124 Å². The number of carbonyl (C=O) groups is 1. The highest BCUT2D eigenvalue weighted by molar-refractivity contribution is 6.09. The quantitative estimate of drug-likeness (QED) is 0.689. The van der Waals surface area contributed by atoms with Gasteiger partial charge in [0.05, 0.1) is 0 Å². The molecule has 0 radical (unpaired) electrons. The van der Waals surface area contributed by atoms with E-state index in [0.717, 1.165) is 28.0 Å². The van der Waals surface area contributed by atoms with Crippen molar-refractivity contribution in [3.8, 4) is 0 Å². The lowest BCUT2D eigenvalue weighted by molar-refractivity contribution is 0.0977. The molecule has 2 heterocycles. The van der Waals surface area contributed by atoms with Gasteiger partial charge in [0.25, 0.3) is 0 Å². The molecule has 0 aliphatic heterocycles. The van der Waals surface area contributed by atoms with Crippen molar-refractivity contribution in [1.82, 2.24) is 14.1 Å². The zero-order chi connectivity index (χ0) is 15.0. The standard InChI is InChI=1S/C17H19N3O/c1-12-17(14-6-4-5-7-15(14)19(12)3)16(21)8-10-20-11-9-18-13(20)2/h4-7,9,11H,8,10H2,1-3H3. The van der Waals surface area contributed by atoms with Crippen LogP contribution < -0.4 is 0 Å². The predicted octanol–water partition coefficient (Wildman–Crippen LogP) is 3.26. The van der Waals surface area contributed by atoms with E-state index in [2.05, 4.69) is 15.6 Å². The number of carbonyl (C=O) groups excluding carboxylic acids is 1. The van der Waals surface area contributed by atoms with Crippen LogP contribution in [0.15, 0.2) is 36.7 Å². The first-order chi connectivity index (χ1) is 10.1. The number of fused-ring (bicyclic) bond motifs is 1. The van der Waals surface area contributed by atoms with Gasteiger partial charge in [0.1, 0.15) is 5.82 Å². The third kappa shape index (κ3) is 2.27. The van der Waals surface area contributed by atoms with Gasteiger partial charge in [-0.15, -0.1) is 0 Å². The number of ketones is 1. The smallest absolute Gasteiger partial charge is 0.167 e. The van der Waals surface area contributed by atoms with Gasteiger partial charge in [-0.1, -0.05) is 18.2 Å². The molecule has 0 amide bonds. The summed E-state index contributed by atoms with van der Waals surface area (Å²) in [5.74, 6) is 1.13. The van der Waals surface area contributed by atoms with Crippen LogP contribution in [0.5, 0.6) is 0 Å². The maximum Gasteiger partial charge on any atom is 0.167 e. The first-order valence-electron chi connectivity index (χ1n) is 7.14. The summed E-state index contributed by atoms with van der Waals surface area (Å²) >= 11 is 0. The maximum atomic E-state index is 12.7. The molecular weight excluding hydrogens is 262 g/mol. The number of benzene rings is 1. The predicted molar refractivity (Wildman–Crippen MR) is 83.6 cm³/mol. The summed E-state index contributed by atoms with van der Waals surface area (Å²) in [5.41, 5.74) is 2.99. The Morgan fingerprint density at radius 1 is 1.24 bits per heavy atom. The van der Waals surface area contributed by atoms with Crippen molar-refractivity contribution in [2.45, 2.75) is 26.8 Å². The molecule has 3 aromatic rings. The van der Waals surface area contributed by atoms with E-state index >= 15 is 0 Å². The molecule has 0 aliphatic carbocycles. The van der Waals surface area contributed by atoms with Crippen molar-refractivity contribution >= 4 is 16.7 Å². The van der Waals surface area contributed by atoms with Crippen LogP contribution in [0.3, 0.4) is 0 Å². The second-order valence-electron chi connectivity index (χ2n) is 5.38. The van der Waals surface area contributed by atoms with Crippen molar-refractivity contribution in [1.29, 1.82) is 0 Å². The van der Waals surface area contributed by atoms with Crippen LogP contribution in [0.25, 0.3) is 10.9 Å². The molecule has 0 bridgehead atoms. The molecule has 4 heteroatoms. The molecule has 0 N–H and O–H groups in total. The second-order valence-corrected chi connectivity index (χ2v) is 5.38. The van der Waals surface area contributed by atoms with E-state index in [1.54, 1.807) is 6.20 Å². The Kier molecular flexibility index (Phi) is 3.37. The van der Waals surface area contributed by atoms with Gasteiger partial charge in [-0.2, -0.15) is 0 Å². The Bertz CT molecular complexity index is 811. The molecule has 4 nitrogen and oxygen atoms in total. The zero-order valence-electron chi connectivity index (χ0n) is 12.6. The van der Waals surface area contributed by atoms with E-state index in [-0.39, 0.29) is 5.78 Å². The third-order valence-electron chi connectivity index (χ3n) is 4.18. The normalized spacial score (nSPS) is 11.2. The number of para-hydroxylation sites is 1. The van der Waals surface area contributed by atoms with E-state index in [4.69, 9.17) is 0 Å². The lowest BCUT2D eigenvalue weighted by Gasteiger charge is -2.05. The number of aryl methyl sites for hydroxylation is 3. The number of Topliss-reactive ketones (excluding diaryl/α,β-unsaturated/α-hetero) is 1. The van der Waals surface area contributed by atoms with Crippen LogP contribution in [-0.2, 0) is 13.6 Å². The third-order valence-corrected chi connectivity index (χ3v) is 4.18. The van der Waals surface area contributed by atoms with Crippen molar-refractivity contribution in [3.05, 3.63) is 53.7 Å². The topological polar surface area (TPSA) is 39.8 Å². The summed E-state index contributed by atoms with van der Waals surface area (Å²) in [6.07, 6.45) is 4.17. The van der Waals surface area contributed by atoms with E-state index < -0.39 is 0 Å². The van der Waals surface area contributed by atoms with Gasteiger partial charge in [0.2, 0.25) is 0 Å². The average molecular weight is 281 g/mol. The van der Waals surface area contributed by atoms with Crippen molar-refractivity contribution in [2.24, 2.45) is 7.05 Å². The molecule has 0 unspecified atom stereocenters. The largest absolute Gasteiger partial charge is 0.347 e. The highest BCUT2D eigenvalue weighted by Gasteiger charge is 2.17. The van der Waals surface area contributed by atoms with Crippen molar-refractivity contribution < 1.29 is 4.79 Å². The maximum absolute atomic E-state index is 12.7. The summed E-state index contributed by atoms with van der Waals surface area (Å²) in [6.45, 7) is 4.64. The lowest BCUT2D eigenvalue weighted by atomic mass is 10.0. The van der Waals surface area contributed by atoms with E-state index in [0.29, 0.717) is 13.0 Å². The SMILES string of the molecule is Cc1nccn1CCC(=O)c1c(C)n(C)c2ccccc12. The van der Waals surface area contributed by atoms with Gasteiger partial charge in [-0.3, -0.25) is 4.79 Å². The summed E-state index contributed by atoms with van der Waals surface area (Å²) in [4.78, 5) is 16.8. The first kappa shape index (κ1) is 13.6. The number of aromatic nitrogens is 3. The monoisotopic (exact) mass is 281 g/mol. The number of nitrogens with zero attached hydrogens (tertiary/aromatic N) is 3. The van der Waals surface area contributed by atoms with Crippen LogP contribution >= 0.6 is 0 Å². The molecule has 0 fully saturated rings. The van der Waals surface area contributed by atoms with E-state index in [1.165, 1.54) is 0 Å². The van der Waals surface area contributed by atoms with Gasteiger partial charge >= 0.3 is 0 Å². The molecule has 0 spiro atoms. The number of imidazole rings is 1. The molecule has 21 heavy (non-hydrogen) atoms. The molecule has 0 atom stereocenters. The number of hydrogen-bond acceptors (Lipinski definition) is 2. The summed E-state index contributed by atoms with van der Waals surface area (Å²) in [7, 11) is 2.01. The molecule has 0 saturated carbocycles. The van der Waals surface area contributed by atoms with Crippen LogP contribution in [0.4, 0.5) is 0 Å². The van der Waals surface area contributed by atoms with Gasteiger partial charge in [0, 0.05) is 54.6 Å². The molecule has 2 aromatic heterocycles. The number of rotatable bonds is 4.